The van der Waals surface area contributed by atoms with Gasteiger partial charge in [0.25, 0.3) is 0 Å². The number of benzene rings is 1. The molecule has 0 amide bonds. The summed E-state index contributed by atoms with van der Waals surface area (Å²) >= 11 is 1.62. The number of aromatic nitrogens is 4. The normalized spacial score (nSPS) is 18.1. The van der Waals surface area contributed by atoms with E-state index in [0.717, 1.165) is 44.8 Å². The van der Waals surface area contributed by atoms with Gasteiger partial charge >= 0.3 is 0 Å². The van der Waals surface area contributed by atoms with Crippen molar-refractivity contribution in [3.63, 3.8) is 0 Å². The van der Waals surface area contributed by atoms with Gasteiger partial charge in [-0.3, -0.25) is 9.67 Å². The number of thiazole rings is 1. The van der Waals surface area contributed by atoms with Crippen LogP contribution in [0.4, 0.5) is 9.52 Å². The molecule has 0 saturated carbocycles. The Morgan fingerprint density at radius 3 is 2.59 bits per heavy atom. The largest absolute Gasteiger partial charge is 0.359 e. The summed E-state index contributed by atoms with van der Waals surface area (Å²) in [6.45, 7) is 8.98. The van der Waals surface area contributed by atoms with Gasteiger partial charge in [-0.25, -0.2) is 9.37 Å². The number of pyridine rings is 1. The highest BCUT2D eigenvalue weighted by atomic mass is 35.5. The minimum atomic E-state index is -0.335. The van der Waals surface area contributed by atoms with Gasteiger partial charge < -0.3 is 10.6 Å². The van der Waals surface area contributed by atoms with Gasteiger partial charge in [0, 0.05) is 41.3 Å². The molecule has 1 aliphatic rings. The number of halogens is 2. The fourth-order valence-corrected chi connectivity index (χ4v) is 5.96. The maximum Gasteiger partial charge on any atom is 0.184 e. The molecular weight excluding hydrogens is 447 g/mol. The lowest BCUT2D eigenvalue weighted by molar-refractivity contribution is 0.170. The minimum Gasteiger partial charge on any atom is -0.359 e. The van der Waals surface area contributed by atoms with E-state index < -0.39 is 0 Å². The van der Waals surface area contributed by atoms with E-state index in [1.165, 1.54) is 6.07 Å². The molecule has 5 rings (SSSR count). The molecule has 0 unspecified atom stereocenters. The summed E-state index contributed by atoms with van der Waals surface area (Å²) in [6.07, 6.45) is 5.64. The first-order valence-corrected chi connectivity index (χ1v) is 11.3. The van der Waals surface area contributed by atoms with Gasteiger partial charge in [0.15, 0.2) is 10.9 Å². The number of nitrogens with one attached hydrogen (secondary N) is 2. The highest BCUT2D eigenvalue weighted by molar-refractivity contribution is 7.22. The summed E-state index contributed by atoms with van der Waals surface area (Å²) in [6, 6.07) is 5.77. The maximum atomic E-state index is 14.5. The van der Waals surface area contributed by atoms with Gasteiger partial charge in [-0.1, -0.05) is 11.3 Å². The van der Waals surface area contributed by atoms with E-state index in [4.69, 9.17) is 4.98 Å². The van der Waals surface area contributed by atoms with Gasteiger partial charge in [-0.15, -0.1) is 12.4 Å². The van der Waals surface area contributed by atoms with Crippen LogP contribution in [0.5, 0.6) is 0 Å². The summed E-state index contributed by atoms with van der Waals surface area (Å²) in [4.78, 5) is 9.30. The zero-order valence-corrected chi connectivity index (χ0v) is 20.5. The van der Waals surface area contributed by atoms with Crippen LogP contribution in [0.3, 0.4) is 0 Å². The van der Waals surface area contributed by atoms with Crippen molar-refractivity contribution in [2.75, 3.05) is 5.32 Å². The number of hydrogen-bond acceptors (Lipinski definition) is 6. The molecule has 1 fully saturated rings. The Morgan fingerprint density at radius 1 is 1.16 bits per heavy atom. The molecule has 1 saturated heterocycles. The van der Waals surface area contributed by atoms with Crippen molar-refractivity contribution in [1.29, 1.82) is 0 Å². The van der Waals surface area contributed by atoms with E-state index in [9.17, 15) is 4.39 Å². The lowest BCUT2D eigenvalue weighted by atomic mass is 9.80. The second kappa shape index (κ2) is 7.93. The Balaban J connectivity index is 0.00000245. The Morgan fingerprint density at radius 2 is 1.88 bits per heavy atom. The SMILES string of the molecule is Cl.Cn1cc2cc(-c3cc4sc(NC5CC(C)(C)NC(C)(C)C5)nc4cn3)cc(F)c2n1. The molecule has 6 nitrogen and oxygen atoms in total. The van der Waals surface area contributed by atoms with Gasteiger partial charge in [0.05, 0.1) is 16.6 Å². The summed E-state index contributed by atoms with van der Waals surface area (Å²) in [5, 5.41) is 13.2. The van der Waals surface area contributed by atoms with Crippen LogP contribution in [0.1, 0.15) is 40.5 Å². The first kappa shape index (κ1) is 22.9. The van der Waals surface area contributed by atoms with E-state index in [1.807, 2.05) is 18.3 Å². The van der Waals surface area contributed by atoms with E-state index in [0.29, 0.717) is 11.6 Å². The molecule has 9 heteroatoms. The van der Waals surface area contributed by atoms with Crippen LogP contribution in [-0.2, 0) is 7.05 Å². The van der Waals surface area contributed by atoms with Crippen molar-refractivity contribution in [2.45, 2.75) is 57.7 Å². The molecule has 0 spiro atoms. The number of anilines is 1. The quantitative estimate of drug-likeness (QED) is 0.408. The summed E-state index contributed by atoms with van der Waals surface area (Å²) in [5.41, 5.74) is 2.84. The second-order valence-electron chi connectivity index (χ2n) is 9.90. The topological polar surface area (TPSA) is 67.7 Å². The fourth-order valence-electron chi connectivity index (χ4n) is 5.01. The number of fused-ring (bicyclic) bond motifs is 2. The third-order valence-electron chi connectivity index (χ3n) is 5.76. The molecule has 170 valence electrons. The fraction of sp³-hybridized carbons (Fsp3) is 0.435. The highest BCUT2D eigenvalue weighted by Crippen LogP contribution is 2.34. The molecule has 4 aromatic rings. The van der Waals surface area contributed by atoms with Crippen LogP contribution in [0.15, 0.2) is 30.6 Å². The third-order valence-corrected chi connectivity index (χ3v) is 6.71. The van der Waals surface area contributed by atoms with E-state index in [-0.39, 0.29) is 29.3 Å². The standard InChI is InChI=1S/C23H27FN6S.ClH/c1-22(2)9-15(10-23(3,4)29-22)26-21-27-18-11-25-17(8-19(18)31-21)13-6-14-12-30(5)28-20(14)16(24)7-13;/h6-8,11-12,15,29H,9-10H2,1-5H3,(H,26,27);1H. The van der Waals surface area contributed by atoms with Crippen molar-refractivity contribution >= 4 is 50.0 Å². The van der Waals surface area contributed by atoms with E-state index in [2.05, 4.69) is 48.4 Å². The summed E-state index contributed by atoms with van der Waals surface area (Å²) in [5.74, 6) is -0.335. The van der Waals surface area contributed by atoms with Crippen molar-refractivity contribution in [1.82, 2.24) is 25.1 Å². The monoisotopic (exact) mass is 474 g/mol. The number of rotatable bonds is 3. The second-order valence-corrected chi connectivity index (χ2v) is 10.9. The van der Waals surface area contributed by atoms with E-state index in [1.54, 1.807) is 29.3 Å². The average molecular weight is 475 g/mol. The number of nitrogens with zero attached hydrogens (tertiary/aromatic N) is 4. The minimum absolute atomic E-state index is 0. The lowest BCUT2D eigenvalue weighted by Gasteiger charge is -2.46. The maximum absolute atomic E-state index is 14.5. The Bertz CT molecular complexity index is 1280. The predicted octanol–water partition coefficient (Wildman–Crippen LogP) is 5.53. The lowest BCUT2D eigenvalue weighted by Crippen LogP contribution is -2.60. The van der Waals surface area contributed by atoms with Crippen LogP contribution >= 0.6 is 23.7 Å². The van der Waals surface area contributed by atoms with Gasteiger partial charge in [-0.2, -0.15) is 5.10 Å². The highest BCUT2D eigenvalue weighted by Gasteiger charge is 2.37. The Kier molecular flexibility index (Phi) is 5.68. The summed E-state index contributed by atoms with van der Waals surface area (Å²) in [7, 11) is 1.79. The van der Waals surface area contributed by atoms with Crippen LogP contribution in [0, 0.1) is 5.82 Å². The average Bonchev–Trinajstić information content (AvgIpc) is 3.20. The van der Waals surface area contributed by atoms with Gasteiger partial charge in [-0.05, 0) is 58.7 Å². The smallest absolute Gasteiger partial charge is 0.184 e. The molecule has 0 bridgehead atoms. The molecule has 0 aliphatic carbocycles. The number of piperidine rings is 1. The molecule has 0 radical (unpaired) electrons. The molecule has 1 aromatic carbocycles. The van der Waals surface area contributed by atoms with Crippen LogP contribution in [0.2, 0.25) is 0 Å². The molecule has 3 aromatic heterocycles. The number of aryl methyl sites for hydroxylation is 1. The zero-order chi connectivity index (χ0) is 22.0. The predicted molar refractivity (Wildman–Crippen MR) is 132 cm³/mol. The van der Waals surface area contributed by atoms with Crippen molar-refractivity contribution in [3.8, 4) is 11.3 Å². The Labute approximate surface area is 197 Å². The molecular formula is C23H28ClFN6S. The van der Waals surface area contributed by atoms with Crippen LogP contribution in [0.25, 0.3) is 32.4 Å². The number of hydrogen-bond donors (Lipinski definition) is 2. The first-order chi connectivity index (χ1) is 14.6. The first-order valence-electron chi connectivity index (χ1n) is 10.5. The van der Waals surface area contributed by atoms with Crippen LogP contribution in [-0.4, -0.2) is 36.9 Å². The molecule has 1 aliphatic heterocycles. The van der Waals surface area contributed by atoms with Crippen molar-refractivity contribution in [3.05, 3.63) is 36.4 Å². The Hall–Kier alpha value is -2.29. The van der Waals surface area contributed by atoms with Gasteiger partial charge in [0.1, 0.15) is 11.0 Å². The van der Waals surface area contributed by atoms with Crippen molar-refractivity contribution < 1.29 is 4.39 Å². The van der Waals surface area contributed by atoms with Crippen LogP contribution < -0.4 is 10.6 Å². The molecule has 4 heterocycles. The van der Waals surface area contributed by atoms with E-state index >= 15 is 0 Å². The molecule has 0 atom stereocenters. The van der Waals surface area contributed by atoms with Crippen molar-refractivity contribution in [2.24, 2.45) is 7.05 Å². The van der Waals surface area contributed by atoms with Gasteiger partial charge in [0.2, 0.25) is 0 Å². The molecule has 32 heavy (non-hydrogen) atoms. The zero-order valence-electron chi connectivity index (χ0n) is 18.9. The molecule has 2 N–H and O–H groups in total. The summed E-state index contributed by atoms with van der Waals surface area (Å²) < 4.78 is 17.2. The third kappa shape index (κ3) is 4.44.